The Balaban J connectivity index is 2.04. The third kappa shape index (κ3) is 1.95. The second kappa shape index (κ2) is 4.59. The molecule has 1 N–H and O–H groups in total. The Bertz CT molecular complexity index is 646. The molecule has 0 aromatic carbocycles. The molecule has 0 aliphatic carbocycles. The number of carbonyl (C=O) groups excluding carboxylic acids is 1. The van der Waals surface area contributed by atoms with Crippen LogP contribution in [-0.4, -0.2) is 17.1 Å². The summed E-state index contributed by atoms with van der Waals surface area (Å²) in [4.78, 5) is 18.2. The van der Waals surface area contributed by atoms with Crippen molar-refractivity contribution in [3.8, 4) is 0 Å². The highest BCUT2D eigenvalue weighted by Crippen LogP contribution is 2.33. The first-order chi connectivity index (χ1) is 8.78. The van der Waals surface area contributed by atoms with Crippen molar-refractivity contribution in [1.29, 1.82) is 0 Å². The average Bonchev–Trinajstić information content (AvgIpc) is 2.96. The first-order valence-corrected chi connectivity index (χ1v) is 7.48. The van der Waals surface area contributed by atoms with Gasteiger partial charge in [0.15, 0.2) is 0 Å². The van der Waals surface area contributed by atoms with Gasteiger partial charge in [-0.15, -0.1) is 23.1 Å². The van der Waals surface area contributed by atoms with E-state index in [1.165, 1.54) is 4.90 Å². The van der Waals surface area contributed by atoms with Gasteiger partial charge in [-0.1, -0.05) is 0 Å². The Labute approximate surface area is 113 Å². The number of thiophene rings is 1. The van der Waals surface area contributed by atoms with Gasteiger partial charge in [-0.05, 0) is 24.5 Å². The molecule has 3 rings (SSSR count). The lowest BCUT2D eigenvalue weighted by Gasteiger charge is -1.95. The molecule has 0 bridgehead atoms. The summed E-state index contributed by atoms with van der Waals surface area (Å²) in [5.41, 5.74) is 2.42. The monoisotopic (exact) mass is 274 g/mol. The zero-order valence-corrected chi connectivity index (χ0v) is 11.3. The van der Waals surface area contributed by atoms with E-state index in [0.717, 1.165) is 16.1 Å². The molecular weight excluding hydrogens is 264 g/mol. The topological polar surface area (TPSA) is 42.0 Å². The van der Waals surface area contributed by atoms with Gasteiger partial charge in [0.05, 0.1) is 17.5 Å². The number of anilines is 1. The largest absolute Gasteiger partial charge is 0.320 e. The number of rotatable bonds is 2. The summed E-state index contributed by atoms with van der Waals surface area (Å²) in [6.07, 6.45) is 7.36. The molecule has 90 valence electrons. The van der Waals surface area contributed by atoms with Crippen LogP contribution in [0.25, 0.3) is 11.6 Å². The minimum atomic E-state index is -0.0582. The summed E-state index contributed by atoms with van der Waals surface area (Å²) >= 11 is 3.35. The molecule has 3 heterocycles. The van der Waals surface area contributed by atoms with Crippen molar-refractivity contribution in [2.75, 3.05) is 11.6 Å². The lowest BCUT2D eigenvalue weighted by molar-refractivity contribution is -0.110. The van der Waals surface area contributed by atoms with Gasteiger partial charge in [0.25, 0.3) is 5.91 Å². The number of aromatic nitrogens is 1. The van der Waals surface area contributed by atoms with Crippen LogP contribution in [0, 0.1) is 0 Å². The molecule has 2 aromatic rings. The van der Waals surface area contributed by atoms with Crippen molar-refractivity contribution in [3.05, 3.63) is 40.3 Å². The van der Waals surface area contributed by atoms with E-state index in [2.05, 4.69) is 21.7 Å². The third-order valence-electron chi connectivity index (χ3n) is 2.72. The Morgan fingerprint density at radius 3 is 3.17 bits per heavy atom. The van der Waals surface area contributed by atoms with Crippen LogP contribution in [0.15, 0.2) is 34.8 Å². The smallest absolute Gasteiger partial charge is 0.256 e. The van der Waals surface area contributed by atoms with Crippen LogP contribution in [0.5, 0.6) is 0 Å². The first-order valence-electron chi connectivity index (χ1n) is 5.38. The molecule has 0 saturated carbocycles. The molecule has 0 fully saturated rings. The molecule has 0 saturated heterocycles. The van der Waals surface area contributed by atoms with Gasteiger partial charge in [-0.2, -0.15) is 0 Å². The predicted molar refractivity (Wildman–Crippen MR) is 76.8 cm³/mol. The molecule has 0 radical (unpaired) electrons. The van der Waals surface area contributed by atoms with Crippen LogP contribution in [0.4, 0.5) is 5.69 Å². The Morgan fingerprint density at radius 1 is 1.50 bits per heavy atom. The van der Waals surface area contributed by atoms with E-state index < -0.39 is 0 Å². The summed E-state index contributed by atoms with van der Waals surface area (Å²) in [6.45, 7) is 0. The molecule has 1 aliphatic rings. The zero-order chi connectivity index (χ0) is 12.5. The van der Waals surface area contributed by atoms with Crippen molar-refractivity contribution in [2.24, 2.45) is 0 Å². The minimum absolute atomic E-state index is 0.0582. The second-order valence-electron chi connectivity index (χ2n) is 3.82. The van der Waals surface area contributed by atoms with Gasteiger partial charge in [0.1, 0.15) is 0 Å². The molecule has 0 atom stereocenters. The summed E-state index contributed by atoms with van der Waals surface area (Å²) < 4.78 is 0. The number of carbonyl (C=O) groups is 1. The van der Waals surface area contributed by atoms with Crippen molar-refractivity contribution >= 4 is 46.3 Å². The maximum Gasteiger partial charge on any atom is 0.256 e. The van der Waals surface area contributed by atoms with E-state index in [4.69, 9.17) is 0 Å². The number of hydrogen-bond acceptors (Lipinski definition) is 4. The molecular formula is C13H10N2OS2. The minimum Gasteiger partial charge on any atom is -0.320 e. The number of fused-ring (bicyclic) bond motifs is 1. The Kier molecular flexibility index (Phi) is 2.93. The quantitative estimate of drug-likeness (QED) is 0.674. The normalized spacial score (nSPS) is 15.8. The maximum absolute atomic E-state index is 11.9. The van der Waals surface area contributed by atoms with Crippen LogP contribution in [-0.2, 0) is 4.79 Å². The van der Waals surface area contributed by atoms with E-state index in [1.807, 2.05) is 18.4 Å². The van der Waals surface area contributed by atoms with E-state index in [-0.39, 0.29) is 5.91 Å². The van der Waals surface area contributed by atoms with Gasteiger partial charge in [-0.25, -0.2) is 0 Å². The van der Waals surface area contributed by atoms with E-state index in [9.17, 15) is 4.79 Å². The van der Waals surface area contributed by atoms with Crippen molar-refractivity contribution in [2.45, 2.75) is 4.90 Å². The summed E-state index contributed by atoms with van der Waals surface area (Å²) in [6, 6.07) is 3.96. The van der Waals surface area contributed by atoms with Gasteiger partial charge in [0.2, 0.25) is 0 Å². The lowest BCUT2D eigenvalue weighted by atomic mass is 10.1. The number of nitrogens with one attached hydrogen (secondary N) is 1. The average molecular weight is 274 g/mol. The van der Waals surface area contributed by atoms with Crippen LogP contribution in [0.2, 0.25) is 0 Å². The number of amides is 1. The number of hydrogen-bond donors (Lipinski definition) is 1. The fourth-order valence-electron chi connectivity index (χ4n) is 1.84. The summed E-state index contributed by atoms with van der Waals surface area (Å²) in [5, 5.41) is 4.91. The van der Waals surface area contributed by atoms with Crippen LogP contribution in [0.1, 0.15) is 10.4 Å². The SMILES string of the molecule is CSc1csc(C=C2C(=O)Nc3cnccc32)c1. The highest BCUT2D eigenvalue weighted by atomic mass is 32.2. The Hall–Kier alpha value is -1.59. The second-order valence-corrected chi connectivity index (χ2v) is 5.64. The molecule has 0 unspecified atom stereocenters. The summed E-state index contributed by atoms with van der Waals surface area (Å²) in [7, 11) is 0. The highest BCUT2D eigenvalue weighted by molar-refractivity contribution is 7.98. The zero-order valence-electron chi connectivity index (χ0n) is 9.64. The van der Waals surface area contributed by atoms with Crippen molar-refractivity contribution in [3.63, 3.8) is 0 Å². The van der Waals surface area contributed by atoms with E-state index >= 15 is 0 Å². The number of thioether (sulfide) groups is 1. The van der Waals surface area contributed by atoms with Crippen molar-refractivity contribution in [1.82, 2.24) is 4.98 Å². The van der Waals surface area contributed by atoms with Gasteiger partial charge >= 0.3 is 0 Å². The molecule has 3 nitrogen and oxygen atoms in total. The van der Waals surface area contributed by atoms with Crippen LogP contribution in [0.3, 0.4) is 0 Å². The molecule has 1 amide bonds. The standard InChI is InChI=1S/C13H10N2OS2/c1-17-9-4-8(18-7-9)5-11-10-2-3-14-6-12(10)15-13(11)16/h2-7H,1H3,(H,15,16). The Morgan fingerprint density at radius 2 is 2.39 bits per heavy atom. The predicted octanol–water partition coefficient (Wildman–Crippen LogP) is 3.36. The summed E-state index contributed by atoms with van der Waals surface area (Å²) in [5.74, 6) is -0.0582. The number of pyridine rings is 1. The molecule has 1 aliphatic heterocycles. The van der Waals surface area contributed by atoms with Gasteiger partial charge in [-0.3, -0.25) is 9.78 Å². The fourth-order valence-corrected chi connectivity index (χ4v) is 3.39. The maximum atomic E-state index is 11.9. The van der Waals surface area contributed by atoms with Crippen LogP contribution < -0.4 is 5.32 Å². The van der Waals surface area contributed by atoms with Crippen molar-refractivity contribution < 1.29 is 4.79 Å². The molecule has 5 heteroatoms. The molecule has 0 spiro atoms. The molecule has 2 aromatic heterocycles. The lowest BCUT2D eigenvalue weighted by Crippen LogP contribution is -2.03. The molecule has 18 heavy (non-hydrogen) atoms. The fraction of sp³-hybridized carbons (Fsp3) is 0.0769. The van der Waals surface area contributed by atoms with Crippen LogP contribution >= 0.6 is 23.1 Å². The van der Waals surface area contributed by atoms with Gasteiger partial charge < -0.3 is 5.32 Å². The van der Waals surface area contributed by atoms with Gasteiger partial charge in [0, 0.05) is 26.9 Å². The van der Waals surface area contributed by atoms with E-state index in [0.29, 0.717) is 5.57 Å². The first kappa shape index (κ1) is 11.5. The highest BCUT2D eigenvalue weighted by Gasteiger charge is 2.23. The number of nitrogens with zero attached hydrogens (tertiary/aromatic N) is 1. The third-order valence-corrected chi connectivity index (χ3v) is 4.46. The van der Waals surface area contributed by atoms with E-state index in [1.54, 1.807) is 35.5 Å².